The van der Waals surface area contributed by atoms with E-state index >= 15 is 0 Å². The predicted molar refractivity (Wildman–Crippen MR) is 52.6 cm³/mol. The van der Waals surface area contributed by atoms with Gasteiger partial charge >= 0.3 is 0 Å². The molecule has 0 bridgehead atoms. The van der Waals surface area contributed by atoms with Crippen LogP contribution in [-0.2, 0) is 0 Å². The Hall–Kier alpha value is -0.895. The highest BCUT2D eigenvalue weighted by atomic mass is 19.3. The fourth-order valence-corrected chi connectivity index (χ4v) is 1.92. The summed E-state index contributed by atoms with van der Waals surface area (Å²) in [7, 11) is 5.47. The first-order valence-electron chi connectivity index (χ1n) is 4.45. The topological polar surface area (TPSA) is 40.5 Å². The normalized spacial score (nSPS) is 35.1. The van der Waals surface area contributed by atoms with Crippen LogP contribution in [0.5, 0.6) is 0 Å². The van der Waals surface area contributed by atoms with E-state index in [2.05, 4.69) is 12.3 Å². The molecule has 0 aromatic rings. The molecule has 5 heteroatoms. The van der Waals surface area contributed by atoms with Crippen molar-refractivity contribution in [3.63, 3.8) is 0 Å². The summed E-state index contributed by atoms with van der Waals surface area (Å²) in [6.45, 7) is 2.83. The van der Waals surface area contributed by atoms with Gasteiger partial charge in [-0.25, -0.2) is 0 Å². The summed E-state index contributed by atoms with van der Waals surface area (Å²) < 4.78 is 24.9. The van der Waals surface area contributed by atoms with Crippen LogP contribution in [0, 0.1) is 5.41 Å². The average Bonchev–Trinajstić information content (AvgIpc) is 2.39. The van der Waals surface area contributed by atoms with Crippen molar-refractivity contribution in [2.75, 3.05) is 6.61 Å². The Morgan fingerprint density at radius 1 is 1.73 bits per heavy atom. The van der Waals surface area contributed by atoms with E-state index < -0.39 is 35.6 Å². The molecule has 2 nitrogen and oxygen atoms in total. The molecule has 0 amide bonds. The van der Waals surface area contributed by atoms with E-state index in [9.17, 15) is 13.9 Å². The lowest BCUT2D eigenvalue weighted by Gasteiger charge is -2.25. The van der Waals surface area contributed by atoms with Crippen LogP contribution < -0.4 is 0 Å². The van der Waals surface area contributed by atoms with Gasteiger partial charge in [-0.3, -0.25) is 0 Å². The molecule has 1 aliphatic carbocycles. The van der Waals surface area contributed by atoms with Gasteiger partial charge in [0, 0.05) is 11.0 Å². The zero-order valence-electron chi connectivity index (χ0n) is 8.08. The molecule has 2 radical (unpaired) electrons. The lowest BCUT2D eigenvalue weighted by molar-refractivity contribution is 0.0557. The van der Waals surface area contributed by atoms with Gasteiger partial charge in [-0.05, 0) is 18.3 Å². The number of aliphatic hydroxyl groups is 2. The lowest BCUT2D eigenvalue weighted by atomic mass is 9.79. The van der Waals surface area contributed by atoms with Gasteiger partial charge in [0.25, 0.3) is 6.08 Å². The van der Waals surface area contributed by atoms with Gasteiger partial charge in [0.2, 0.25) is 0 Å². The predicted octanol–water partition coefficient (Wildman–Crippen LogP) is 1.18. The highest BCUT2D eigenvalue weighted by Crippen LogP contribution is 2.49. The Labute approximate surface area is 88.0 Å². The average molecular weight is 212 g/mol. The number of hydrogen-bond donors (Lipinski definition) is 2. The van der Waals surface area contributed by atoms with Crippen LogP contribution >= 0.6 is 0 Å². The molecule has 80 valence electrons. The molecule has 2 N–H and O–H groups in total. The highest BCUT2D eigenvalue weighted by molar-refractivity contribution is 6.14. The smallest absolute Gasteiger partial charge is 0.271 e. The number of aliphatic hydroxyl groups excluding tert-OH is 2. The standard InChI is InChI=1S/C10H11BF2O2/c1-2-3-10(5-14)4-6(11)7(8(10)15)9(12)13/h3,6,8,14-15H,1,4-5H2/t6-,8-,10-/m1/s1. The zero-order valence-corrected chi connectivity index (χ0v) is 8.08. The molecule has 0 aliphatic heterocycles. The molecule has 0 spiro atoms. The van der Waals surface area contributed by atoms with Crippen molar-refractivity contribution in [1.82, 2.24) is 0 Å². The molecular formula is C10H11BF2O2. The van der Waals surface area contributed by atoms with Gasteiger partial charge in [0.05, 0.1) is 20.6 Å². The molecule has 1 fully saturated rings. The van der Waals surface area contributed by atoms with E-state index in [1.807, 2.05) is 0 Å². The third-order valence-electron chi connectivity index (χ3n) is 2.74. The molecule has 1 rings (SSSR count). The molecule has 15 heavy (non-hydrogen) atoms. The Morgan fingerprint density at radius 3 is 2.67 bits per heavy atom. The van der Waals surface area contributed by atoms with E-state index in [1.54, 1.807) is 0 Å². The lowest BCUT2D eigenvalue weighted by Crippen LogP contribution is -2.32. The summed E-state index contributed by atoms with van der Waals surface area (Å²) in [5, 5.41) is 18.8. The minimum Gasteiger partial charge on any atom is -0.395 e. The second-order valence-corrected chi connectivity index (χ2v) is 3.67. The van der Waals surface area contributed by atoms with E-state index in [0.29, 0.717) is 0 Å². The molecule has 0 heterocycles. The third kappa shape index (κ3) is 1.91. The minimum absolute atomic E-state index is 0.0554. The molecule has 3 atom stereocenters. The molecular weight excluding hydrogens is 201 g/mol. The first-order chi connectivity index (χ1) is 6.98. The van der Waals surface area contributed by atoms with Crippen molar-refractivity contribution in [2.45, 2.75) is 18.3 Å². The van der Waals surface area contributed by atoms with E-state index in [1.165, 1.54) is 6.08 Å². The molecule has 0 saturated heterocycles. The minimum atomic E-state index is -1.98. The van der Waals surface area contributed by atoms with Crippen molar-refractivity contribution in [3.8, 4) is 0 Å². The van der Waals surface area contributed by atoms with Crippen molar-refractivity contribution >= 4 is 7.85 Å². The van der Waals surface area contributed by atoms with Crippen LogP contribution in [0.1, 0.15) is 6.42 Å². The molecule has 1 saturated carbocycles. The second kappa shape index (κ2) is 4.31. The van der Waals surface area contributed by atoms with Crippen LogP contribution in [0.2, 0.25) is 5.82 Å². The SMILES string of the molecule is [B][C@@H]1C[C@](C=C=C)(CO)[C@H](O)C1=C(F)F. The summed E-state index contributed by atoms with van der Waals surface area (Å²) in [6, 6.07) is 0. The van der Waals surface area contributed by atoms with Crippen molar-refractivity contribution < 1.29 is 19.0 Å². The second-order valence-electron chi connectivity index (χ2n) is 3.67. The van der Waals surface area contributed by atoms with Gasteiger partial charge in [-0.1, -0.05) is 6.58 Å². The van der Waals surface area contributed by atoms with Gasteiger partial charge in [-0.2, -0.15) is 8.78 Å². The number of rotatable bonds is 2. The first kappa shape index (κ1) is 12.2. The van der Waals surface area contributed by atoms with Gasteiger partial charge in [-0.15, -0.1) is 5.73 Å². The Morgan fingerprint density at radius 2 is 2.33 bits per heavy atom. The summed E-state index contributed by atoms with van der Waals surface area (Å²) in [5.41, 5.74) is 0.709. The van der Waals surface area contributed by atoms with E-state index in [0.717, 1.165) is 0 Å². The molecule has 0 unspecified atom stereocenters. The fourth-order valence-electron chi connectivity index (χ4n) is 1.92. The number of hydrogen-bond acceptors (Lipinski definition) is 2. The van der Waals surface area contributed by atoms with Crippen LogP contribution in [0.25, 0.3) is 0 Å². The molecule has 1 aliphatic rings. The van der Waals surface area contributed by atoms with Gasteiger partial charge in [0.1, 0.15) is 0 Å². The van der Waals surface area contributed by atoms with E-state index in [4.69, 9.17) is 13.0 Å². The van der Waals surface area contributed by atoms with Gasteiger partial charge < -0.3 is 10.2 Å². The maximum atomic E-state index is 12.5. The Kier molecular flexibility index (Phi) is 3.50. The maximum absolute atomic E-state index is 12.5. The van der Waals surface area contributed by atoms with Crippen LogP contribution in [0.4, 0.5) is 8.78 Å². The summed E-state index contributed by atoms with van der Waals surface area (Å²) >= 11 is 0. The van der Waals surface area contributed by atoms with Crippen molar-refractivity contribution in [1.29, 1.82) is 0 Å². The zero-order chi connectivity index (χ0) is 11.6. The maximum Gasteiger partial charge on any atom is 0.271 e. The first-order valence-corrected chi connectivity index (χ1v) is 4.45. The van der Waals surface area contributed by atoms with Crippen molar-refractivity contribution in [3.05, 3.63) is 30.0 Å². The monoisotopic (exact) mass is 212 g/mol. The largest absolute Gasteiger partial charge is 0.395 e. The Balaban J connectivity index is 3.19. The Bertz CT molecular complexity index is 332. The van der Waals surface area contributed by atoms with Crippen molar-refractivity contribution in [2.24, 2.45) is 5.41 Å². The fraction of sp³-hybridized carbons (Fsp3) is 0.500. The summed E-state index contributed by atoms with van der Waals surface area (Å²) in [5.74, 6) is -0.943. The van der Waals surface area contributed by atoms with Gasteiger partial charge in [0.15, 0.2) is 0 Å². The van der Waals surface area contributed by atoms with Crippen LogP contribution in [0.15, 0.2) is 30.0 Å². The molecule has 0 aromatic heterocycles. The van der Waals surface area contributed by atoms with Crippen LogP contribution in [0.3, 0.4) is 0 Å². The van der Waals surface area contributed by atoms with E-state index in [-0.39, 0.29) is 6.42 Å². The highest BCUT2D eigenvalue weighted by Gasteiger charge is 2.48. The number of halogens is 2. The third-order valence-corrected chi connectivity index (χ3v) is 2.74. The summed E-state index contributed by atoms with van der Waals surface area (Å²) in [6.07, 6.45) is -2.10. The molecule has 0 aromatic carbocycles. The van der Waals surface area contributed by atoms with Crippen LogP contribution in [-0.4, -0.2) is 30.8 Å². The quantitative estimate of drug-likeness (QED) is 0.532. The summed E-state index contributed by atoms with van der Waals surface area (Å²) in [4.78, 5) is 0.